The van der Waals surface area contributed by atoms with Crippen molar-refractivity contribution in [1.82, 2.24) is 5.32 Å². The fourth-order valence-corrected chi connectivity index (χ4v) is 12.5. The quantitative estimate of drug-likeness (QED) is 0.0320. The highest BCUT2D eigenvalue weighted by molar-refractivity contribution is 5.76. The van der Waals surface area contributed by atoms with Crippen LogP contribution in [0.1, 0.15) is 444 Å². The zero-order valence-electron chi connectivity index (χ0n) is 57.9. The summed E-state index contributed by atoms with van der Waals surface area (Å²) in [4.78, 5) is 24.6. The van der Waals surface area contributed by atoms with Gasteiger partial charge in [-0.2, -0.15) is 0 Å². The Labute approximate surface area is 532 Å². The fraction of sp³-hybridized carbons (Fsp3) is 0.924. The van der Waals surface area contributed by atoms with Gasteiger partial charge in [0.15, 0.2) is 0 Å². The van der Waals surface area contributed by atoms with E-state index in [0.29, 0.717) is 25.9 Å². The van der Waals surface area contributed by atoms with Gasteiger partial charge in [0.1, 0.15) is 0 Å². The van der Waals surface area contributed by atoms with Crippen molar-refractivity contribution in [3.8, 4) is 0 Å². The first kappa shape index (κ1) is 83.3. The predicted molar refractivity (Wildman–Crippen MR) is 375 cm³/mol. The van der Waals surface area contributed by atoms with Crippen molar-refractivity contribution >= 4 is 11.9 Å². The van der Waals surface area contributed by atoms with E-state index in [1.165, 1.54) is 360 Å². The molecule has 2 atom stereocenters. The molecule has 0 saturated carbocycles. The summed E-state index contributed by atoms with van der Waals surface area (Å²) in [6, 6.07) is -0.536. The maximum absolute atomic E-state index is 12.5. The maximum Gasteiger partial charge on any atom is 0.305 e. The number of aliphatic hydroxyl groups excluding tert-OH is 2. The SMILES string of the molecule is CCCC/C=C\C/C=C\CCCCCCCC(=O)OCCCCCCCCCCCCCCCCCCCCCCCCCCCCCCCCCCCCCCCCCC(=O)NC(CO)C(O)CCCCCCCCCCCCCCCCC. The number of hydrogen-bond donors (Lipinski definition) is 3. The Kier molecular flexibility index (Phi) is 73.3. The van der Waals surface area contributed by atoms with Crippen LogP contribution in [0.25, 0.3) is 0 Å². The van der Waals surface area contributed by atoms with E-state index in [2.05, 4.69) is 43.5 Å². The smallest absolute Gasteiger partial charge is 0.305 e. The Morgan fingerprint density at radius 2 is 0.600 bits per heavy atom. The molecule has 3 N–H and O–H groups in total. The van der Waals surface area contributed by atoms with Crippen LogP contribution in [0, 0.1) is 0 Å². The van der Waals surface area contributed by atoms with Crippen LogP contribution in [-0.4, -0.2) is 47.4 Å². The van der Waals surface area contributed by atoms with Gasteiger partial charge in [0.25, 0.3) is 0 Å². The molecule has 504 valence electrons. The number of rotatable bonds is 74. The van der Waals surface area contributed by atoms with Crippen LogP contribution in [-0.2, 0) is 14.3 Å². The number of aliphatic hydroxyl groups is 2. The summed E-state index contributed by atoms with van der Waals surface area (Å²) in [5.74, 6) is -0.0153. The maximum atomic E-state index is 12.5. The molecule has 0 spiro atoms. The summed E-state index contributed by atoms with van der Waals surface area (Å²) in [6.07, 6.45) is 95.7. The van der Waals surface area contributed by atoms with Crippen LogP contribution in [0.5, 0.6) is 0 Å². The van der Waals surface area contributed by atoms with Crippen molar-refractivity contribution in [2.24, 2.45) is 0 Å². The molecule has 0 aromatic heterocycles. The van der Waals surface area contributed by atoms with E-state index in [9.17, 15) is 19.8 Å². The van der Waals surface area contributed by atoms with E-state index in [1.54, 1.807) is 0 Å². The molecule has 6 nitrogen and oxygen atoms in total. The first-order chi connectivity index (χ1) is 42.0. The van der Waals surface area contributed by atoms with Crippen LogP contribution in [0.2, 0.25) is 0 Å². The highest BCUT2D eigenvalue weighted by atomic mass is 16.5. The number of amides is 1. The molecule has 0 aromatic rings. The van der Waals surface area contributed by atoms with Crippen LogP contribution in [0.4, 0.5) is 0 Å². The molecule has 0 saturated heterocycles. The summed E-state index contributed by atoms with van der Waals surface area (Å²) in [5, 5.41) is 23.4. The molecular formula is C79H153NO5. The lowest BCUT2D eigenvalue weighted by atomic mass is 10.0. The van der Waals surface area contributed by atoms with Gasteiger partial charge in [-0.1, -0.05) is 404 Å². The molecule has 0 fully saturated rings. The molecular weight excluding hydrogens is 1040 g/mol. The summed E-state index contributed by atoms with van der Waals surface area (Å²) in [5.41, 5.74) is 0. The second kappa shape index (κ2) is 74.8. The third-order valence-corrected chi connectivity index (χ3v) is 18.5. The van der Waals surface area contributed by atoms with Gasteiger partial charge in [0.05, 0.1) is 25.4 Å². The van der Waals surface area contributed by atoms with Gasteiger partial charge in [-0.25, -0.2) is 0 Å². The third-order valence-electron chi connectivity index (χ3n) is 18.5. The summed E-state index contributed by atoms with van der Waals surface area (Å²) in [7, 11) is 0. The van der Waals surface area contributed by atoms with Crippen molar-refractivity contribution in [2.45, 2.75) is 456 Å². The first-order valence-corrected chi connectivity index (χ1v) is 39.1. The van der Waals surface area contributed by atoms with E-state index < -0.39 is 12.1 Å². The molecule has 0 aliphatic carbocycles. The number of nitrogens with one attached hydrogen (secondary N) is 1. The molecule has 0 radical (unpaired) electrons. The minimum atomic E-state index is -0.659. The van der Waals surface area contributed by atoms with Gasteiger partial charge >= 0.3 is 5.97 Å². The molecule has 0 bridgehead atoms. The highest BCUT2D eigenvalue weighted by Crippen LogP contribution is 2.20. The number of carbonyl (C=O) groups excluding carboxylic acids is 2. The summed E-state index contributed by atoms with van der Waals surface area (Å²) < 4.78 is 5.49. The van der Waals surface area contributed by atoms with E-state index in [1.807, 2.05) is 0 Å². The lowest BCUT2D eigenvalue weighted by molar-refractivity contribution is -0.143. The number of esters is 1. The standard InChI is InChI=1S/C79H153NO5/c1-3-5-7-9-11-13-15-17-44-47-51-55-59-63-67-71-77(82)76(75-81)80-78(83)72-68-64-60-56-52-48-45-42-40-38-36-34-32-30-28-26-24-22-20-19-21-23-25-27-29-31-33-35-37-39-41-43-46-50-54-58-62-66-70-74-85-79(84)73-69-65-61-57-53-49-18-16-14-12-10-8-6-4-2/h10,12,16,18,76-77,81-82H,3-9,11,13-15,17,19-75H2,1-2H3,(H,80,83)/b12-10-,18-16-. The number of allylic oxidation sites excluding steroid dienone is 4. The van der Waals surface area contributed by atoms with Crippen molar-refractivity contribution in [2.75, 3.05) is 13.2 Å². The Morgan fingerprint density at radius 3 is 0.929 bits per heavy atom. The Bertz CT molecular complexity index is 1330. The van der Waals surface area contributed by atoms with Gasteiger partial charge in [0, 0.05) is 12.8 Å². The average molecular weight is 1200 g/mol. The summed E-state index contributed by atoms with van der Waals surface area (Å²) in [6.45, 7) is 4.95. The van der Waals surface area contributed by atoms with E-state index >= 15 is 0 Å². The molecule has 85 heavy (non-hydrogen) atoms. The van der Waals surface area contributed by atoms with Crippen LogP contribution in [0.3, 0.4) is 0 Å². The molecule has 0 aromatic carbocycles. The molecule has 0 aliphatic heterocycles. The van der Waals surface area contributed by atoms with Gasteiger partial charge in [-0.3, -0.25) is 9.59 Å². The van der Waals surface area contributed by atoms with Gasteiger partial charge in [-0.05, 0) is 51.4 Å². The number of hydrogen-bond acceptors (Lipinski definition) is 5. The highest BCUT2D eigenvalue weighted by Gasteiger charge is 2.20. The third kappa shape index (κ3) is 71.3. The first-order valence-electron chi connectivity index (χ1n) is 39.1. The number of ether oxygens (including phenoxy) is 1. The van der Waals surface area contributed by atoms with E-state index in [4.69, 9.17) is 4.74 Å². The Hall–Kier alpha value is -1.66. The molecule has 6 heteroatoms. The zero-order chi connectivity index (χ0) is 61.3. The molecule has 0 heterocycles. The Balaban J connectivity index is 3.28. The Morgan fingerprint density at radius 1 is 0.329 bits per heavy atom. The minimum Gasteiger partial charge on any atom is -0.466 e. The van der Waals surface area contributed by atoms with Crippen molar-refractivity contribution < 1.29 is 24.5 Å². The fourth-order valence-electron chi connectivity index (χ4n) is 12.5. The van der Waals surface area contributed by atoms with Crippen molar-refractivity contribution in [1.29, 1.82) is 0 Å². The van der Waals surface area contributed by atoms with Crippen molar-refractivity contribution in [3.05, 3.63) is 24.3 Å². The molecule has 0 aliphatic rings. The molecule has 0 rings (SSSR count). The minimum absolute atomic E-state index is 0.0100. The zero-order valence-corrected chi connectivity index (χ0v) is 57.9. The van der Waals surface area contributed by atoms with Gasteiger partial charge in [0.2, 0.25) is 5.91 Å². The topological polar surface area (TPSA) is 95.9 Å². The van der Waals surface area contributed by atoms with E-state index in [-0.39, 0.29) is 18.5 Å². The summed E-state index contributed by atoms with van der Waals surface area (Å²) >= 11 is 0. The predicted octanol–water partition coefficient (Wildman–Crippen LogP) is 25.7. The second-order valence-corrected chi connectivity index (χ2v) is 27.0. The average Bonchev–Trinajstić information content (AvgIpc) is 3.52. The van der Waals surface area contributed by atoms with Crippen molar-refractivity contribution in [3.63, 3.8) is 0 Å². The van der Waals surface area contributed by atoms with Gasteiger partial charge < -0.3 is 20.3 Å². The van der Waals surface area contributed by atoms with Gasteiger partial charge in [-0.15, -0.1) is 0 Å². The van der Waals surface area contributed by atoms with E-state index in [0.717, 1.165) is 51.4 Å². The lowest BCUT2D eigenvalue weighted by Crippen LogP contribution is -2.45. The van der Waals surface area contributed by atoms with Crippen LogP contribution in [0.15, 0.2) is 24.3 Å². The molecule has 1 amide bonds. The molecule has 2 unspecified atom stereocenters. The lowest BCUT2D eigenvalue weighted by Gasteiger charge is -2.22. The monoisotopic (exact) mass is 1200 g/mol. The van der Waals surface area contributed by atoms with Crippen LogP contribution >= 0.6 is 0 Å². The van der Waals surface area contributed by atoms with Crippen LogP contribution < -0.4 is 5.32 Å². The number of carbonyl (C=O) groups is 2. The number of unbranched alkanes of at least 4 members (excludes halogenated alkanes) is 59. The largest absolute Gasteiger partial charge is 0.466 e. The normalized spacial score (nSPS) is 12.6. The second-order valence-electron chi connectivity index (χ2n) is 27.0.